The van der Waals surface area contributed by atoms with Crippen molar-refractivity contribution in [2.45, 2.75) is 6.54 Å². The molecule has 1 amide bonds. The third kappa shape index (κ3) is 2.62. The van der Waals surface area contributed by atoms with E-state index >= 15 is 0 Å². The Hall–Kier alpha value is -2.02. The largest absolute Gasteiger partial charge is 0.345 e. The minimum atomic E-state index is -0.622. The van der Waals surface area contributed by atoms with Crippen molar-refractivity contribution in [2.24, 2.45) is 7.05 Å². The first kappa shape index (κ1) is 12.4. The molecule has 94 valence electrons. The van der Waals surface area contributed by atoms with Gasteiger partial charge in [-0.3, -0.25) is 4.79 Å². The predicted octanol–water partition coefficient (Wildman–Crippen LogP) is 0.933. The van der Waals surface area contributed by atoms with E-state index in [0.29, 0.717) is 5.82 Å². The SMILES string of the molecule is Cn1cnnc1CNC(=O)c1cc(F)cnc1Cl. The Bertz CT molecular complexity index is 585. The molecule has 0 aliphatic carbocycles. The summed E-state index contributed by atoms with van der Waals surface area (Å²) in [5.41, 5.74) is -0.0150. The Morgan fingerprint density at radius 3 is 3.06 bits per heavy atom. The highest BCUT2D eigenvalue weighted by atomic mass is 35.5. The molecule has 0 unspecified atom stereocenters. The van der Waals surface area contributed by atoms with Crippen LogP contribution in [0.1, 0.15) is 16.2 Å². The summed E-state index contributed by atoms with van der Waals surface area (Å²) in [6.45, 7) is 0.169. The van der Waals surface area contributed by atoms with E-state index in [1.165, 1.54) is 6.33 Å². The molecule has 0 atom stereocenters. The molecule has 0 aliphatic heterocycles. The number of rotatable bonds is 3. The maximum atomic E-state index is 13.0. The van der Waals surface area contributed by atoms with E-state index in [2.05, 4.69) is 20.5 Å². The van der Waals surface area contributed by atoms with E-state index in [1.807, 2.05) is 0 Å². The van der Waals surface area contributed by atoms with Crippen molar-refractivity contribution in [3.63, 3.8) is 0 Å². The molecule has 0 radical (unpaired) electrons. The van der Waals surface area contributed by atoms with Gasteiger partial charge < -0.3 is 9.88 Å². The highest BCUT2D eigenvalue weighted by Gasteiger charge is 2.13. The molecular weight excluding hydrogens is 261 g/mol. The van der Waals surface area contributed by atoms with Gasteiger partial charge in [0.2, 0.25) is 0 Å². The second-order valence-corrected chi connectivity index (χ2v) is 3.89. The van der Waals surface area contributed by atoms with Crippen LogP contribution >= 0.6 is 11.6 Å². The Morgan fingerprint density at radius 1 is 1.61 bits per heavy atom. The zero-order valence-corrected chi connectivity index (χ0v) is 10.1. The second-order valence-electron chi connectivity index (χ2n) is 3.53. The molecule has 0 aliphatic rings. The molecule has 0 bridgehead atoms. The molecule has 6 nitrogen and oxygen atoms in total. The van der Waals surface area contributed by atoms with Crippen molar-refractivity contribution in [3.05, 3.63) is 40.9 Å². The number of carbonyl (C=O) groups excluding carboxylic acids is 1. The lowest BCUT2D eigenvalue weighted by molar-refractivity contribution is 0.0949. The number of amides is 1. The summed E-state index contributed by atoms with van der Waals surface area (Å²) >= 11 is 5.71. The Balaban J connectivity index is 2.08. The smallest absolute Gasteiger partial charge is 0.254 e. The van der Waals surface area contributed by atoms with Crippen LogP contribution in [-0.4, -0.2) is 25.7 Å². The lowest BCUT2D eigenvalue weighted by Crippen LogP contribution is -2.25. The number of carbonyl (C=O) groups is 1. The van der Waals surface area contributed by atoms with Crippen molar-refractivity contribution in [1.82, 2.24) is 25.1 Å². The van der Waals surface area contributed by atoms with Crippen LogP contribution < -0.4 is 5.32 Å². The number of aromatic nitrogens is 4. The van der Waals surface area contributed by atoms with Gasteiger partial charge in [0.05, 0.1) is 18.3 Å². The molecule has 2 heterocycles. The zero-order chi connectivity index (χ0) is 13.1. The molecule has 0 spiro atoms. The van der Waals surface area contributed by atoms with Gasteiger partial charge in [-0.1, -0.05) is 11.6 Å². The van der Waals surface area contributed by atoms with E-state index in [4.69, 9.17) is 11.6 Å². The molecule has 0 saturated carbocycles. The molecule has 0 saturated heterocycles. The Morgan fingerprint density at radius 2 is 2.39 bits per heavy atom. The van der Waals surface area contributed by atoms with E-state index in [-0.39, 0.29) is 17.3 Å². The average molecular weight is 270 g/mol. The minimum Gasteiger partial charge on any atom is -0.345 e. The number of halogens is 2. The monoisotopic (exact) mass is 269 g/mol. The van der Waals surface area contributed by atoms with Gasteiger partial charge in [-0.2, -0.15) is 0 Å². The minimum absolute atomic E-state index is 0.0150. The molecular formula is C10H9ClFN5O. The molecule has 18 heavy (non-hydrogen) atoms. The van der Waals surface area contributed by atoms with Crippen LogP contribution in [0.25, 0.3) is 0 Å². The molecule has 2 aromatic rings. The first-order valence-corrected chi connectivity index (χ1v) is 5.38. The first-order chi connectivity index (χ1) is 8.58. The van der Waals surface area contributed by atoms with Gasteiger partial charge in [-0.15, -0.1) is 10.2 Å². The van der Waals surface area contributed by atoms with Crippen LogP contribution in [0, 0.1) is 5.82 Å². The maximum absolute atomic E-state index is 13.0. The standard InChI is InChI=1S/C10H9ClFN5O/c1-17-5-15-16-8(17)4-14-10(18)7-2-6(12)3-13-9(7)11/h2-3,5H,4H2,1H3,(H,14,18). The van der Waals surface area contributed by atoms with Gasteiger partial charge in [0, 0.05) is 7.05 Å². The normalized spacial score (nSPS) is 10.4. The Labute approximate surface area is 107 Å². The van der Waals surface area contributed by atoms with Gasteiger partial charge >= 0.3 is 0 Å². The molecule has 0 fully saturated rings. The first-order valence-electron chi connectivity index (χ1n) is 5.00. The van der Waals surface area contributed by atoms with E-state index in [9.17, 15) is 9.18 Å². The van der Waals surface area contributed by atoms with Crippen LogP contribution in [0.2, 0.25) is 5.15 Å². The van der Waals surface area contributed by atoms with E-state index < -0.39 is 11.7 Å². The lowest BCUT2D eigenvalue weighted by atomic mass is 10.2. The highest BCUT2D eigenvalue weighted by Crippen LogP contribution is 2.13. The second kappa shape index (κ2) is 5.09. The summed E-state index contributed by atoms with van der Waals surface area (Å²) in [4.78, 5) is 15.3. The number of aryl methyl sites for hydroxylation is 1. The van der Waals surface area contributed by atoms with Crippen LogP contribution in [0.15, 0.2) is 18.6 Å². The summed E-state index contributed by atoms with van der Waals surface area (Å²) in [5.74, 6) is -0.568. The van der Waals surface area contributed by atoms with Crippen LogP contribution in [-0.2, 0) is 13.6 Å². The average Bonchev–Trinajstić information content (AvgIpc) is 2.75. The predicted molar refractivity (Wildman–Crippen MR) is 61.4 cm³/mol. The lowest BCUT2D eigenvalue weighted by Gasteiger charge is -2.05. The van der Waals surface area contributed by atoms with Crippen LogP contribution in [0.5, 0.6) is 0 Å². The van der Waals surface area contributed by atoms with E-state index in [0.717, 1.165) is 12.3 Å². The summed E-state index contributed by atoms with van der Waals surface area (Å²) in [5, 5.41) is 9.97. The number of pyridine rings is 1. The topological polar surface area (TPSA) is 72.7 Å². The van der Waals surface area contributed by atoms with Crippen molar-refractivity contribution in [1.29, 1.82) is 0 Å². The van der Waals surface area contributed by atoms with Crippen molar-refractivity contribution in [3.8, 4) is 0 Å². The third-order valence-corrected chi connectivity index (χ3v) is 2.56. The van der Waals surface area contributed by atoms with Gasteiger partial charge in [-0.25, -0.2) is 9.37 Å². The maximum Gasteiger partial charge on any atom is 0.254 e. The number of hydrogen-bond donors (Lipinski definition) is 1. The summed E-state index contributed by atoms with van der Waals surface area (Å²) in [7, 11) is 1.75. The van der Waals surface area contributed by atoms with Crippen molar-refractivity contribution < 1.29 is 9.18 Å². The van der Waals surface area contributed by atoms with Crippen molar-refractivity contribution >= 4 is 17.5 Å². The van der Waals surface area contributed by atoms with Gasteiger partial charge in [0.25, 0.3) is 5.91 Å². The fourth-order valence-corrected chi connectivity index (χ4v) is 1.49. The van der Waals surface area contributed by atoms with Crippen molar-refractivity contribution in [2.75, 3.05) is 0 Å². The van der Waals surface area contributed by atoms with E-state index in [1.54, 1.807) is 11.6 Å². The summed E-state index contributed by atoms with van der Waals surface area (Å²) in [6.07, 6.45) is 2.46. The zero-order valence-electron chi connectivity index (χ0n) is 9.39. The summed E-state index contributed by atoms with van der Waals surface area (Å²) < 4.78 is 14.6. The van der Waals surface area contributed by atoms with Gasteiger partial charge in [-0.05, 0) is 6.07 Å². The third-order valence-electron chi connectivity index (χ3n) is 2.26. The quantitative estimate of drug-likeness (QED) is 0.842. The van der Waals surface area contributed by atoms with Crippen LogP contribution in [0.4, 0.5) is 4.39 Å². The number of nitrogens with zero attached hydrogens (tertiary/aromatic N) is 4. The fourth-order valence-electron chi connectivity index (χ4n) is 1.30. The molecule has 0 aromatic carbocycles. The van der Waals surface area contributed by atoms with Crippen LogP contribution in [0.3, 0.4) is 0 Å². The molecule has 8 heteroatoms. The Kier molecular flexibility index (Phi) is 3.52. The van der Waals surface area contributed by atoms with Gasteiger partial charge in [0.15, 0.2) is 5.82 Å². The van der Waals surface area contributed by atoms with Gasteiger partial charge in [0.1, 0.15) is 17.3 Å². The summed E-state index contributed by atoms with van der Waals surface area (Å²) in [6, 6.07) is 1.03. The highest BCUT2D eigenvalue weighted by molar-refractivity contribution is 6.32. The fraction of sp³-hybridized carbons (Fsp3) is 0.200. The number of nitrogens with one attached hydrogen (secondary N) is 1. The molecule has 2 rings (SSSR count). The molecule has 1 N–H and O–H groups in total. The molecule has 2 aromatic heterocycles. The number of hydrogen-bond acceptors (Lipinski definition) is 4.